The Morgan fingerprint density at radius 2 is 1.94 bits per heavy atom. The molecule has 2 heterocycles. The molecule has 0 amide bonds. The molecule has 0 saturated heterocycles. The summed E-state index contributed by atoms with van der Waals surface area (Å²) in [5.41, 5.74) is 9.14. The molecule has 16 heavy (non-hydrogen) atoms. The number of hydrogen-bond donors (Lipinski definition) is 1. The van der Waals surface area contributed by atoms with Crippen LogP contribution in [0.25, 0.3) is 5.52 Å². The van der Waals surface area contributed by atoms with Crippen LogP contribution in [-0.2, 0) is 5.54 Å². The van der Waals surface area contributed by atoms with Gasteiger partial charge in [0.15, 0.2) is 0 Å². The highest BCUT2D eigenvalue weighted by Crippen LogP contribution is 2.22. The number of halogens is 1. The molecule has 0 fully saturated rings. The van der Waals surface area contributed by atoms with E-state index in [2.05, 4.69) is 22.4 Å². The Labute approximate surface area is 102 Å². The minimum atomic E-state index is -0.412. The van der Waals surface area contributed by atoms with Gasteiger partial charge in [-0.3, -0.25) is 0 Å². The van der Waals surface area contributed by atoms with Gasteiger partial charge < -0.3 is 10.1 Å². The van der Waals surface area contributed by atoms with Gasteiger partial charge in [-0.1, -0.05) is 6.07 Å². The second-order valence-electron chi connectivity index (χ2n) is 4.65. The van der Waals surface area contributed by atoms with Crippen LogP contribution >= 0.6 is 12.4 Å². The van der Waals surface area contributed by atoms with Crippen LogP contribution < -0.4 is 5.73 Å². The molecule has 0 bridgehead atoms. The van der Waals surface area contributed by atoms with Gasteiger partial charge in [0.25, 0.3) is 0 Å². The SMILES string of the molecule is Cc1cccn2c(C(C)(C)N)nc(C)c12.Cl. The number of fused-ring (bicyclic) bond motifs is 1. The zero-order valence-electron chi connectivity index (χ0n) is 10.1. The molecular weight excluding hydrogens is 222 g/mol. The lowest BCUT2D eigenvalue weighted by Crippen LogP contribution is -2.31. The molecule has 4 heteroatoms. The van der Waals surface area contributed by atoms with Gasteiger partial charge in [0, 0.05) is 6.20 Å². The Morgan fingerprint density at radius 3 is 2.50 bits per heavy atom. The van der Waals surface area contributed by atoms with Crippen molar-refractivity contribution in [2.75, 3.05) is 0 Å². The van der Waals surface area contributed by atoms with Gasteiger partial charge in [-0.05, 0) is 39.3 Å². The number of aromatic nitrogens is 2. The lowest BCUT2D eigenvalue weighted by molar-refractivity contribution is 0.511. The van der Waals surface area contributed by atoms with Crippen molar-refractivity contribution in [2.24, 2.45) is 5.73 Å². The third-order valence-electron chi connectivity index (χ3n) is 2.62. The van der Waals surface area contributed by atoms with E-state index >= 15 is 0 Å². The summed E-state index contributed by atoms with van der Waals surface area (Å²) in [6.45, 7) is 8.07. The van der Waals surface area contributed by atoms with Crippen LogP contribution in [0.4, 0.5) is 0 Å². The van der Waals surface area contributed by atoms with E-state index in [1.54, 1.807) is 0 Å². The molecule has 88 valence electrons. The molecule has 0 aliphatic heterocycles. The third-order valence-corrected chi connectivity index (χ3v) is 2.62. The fourth-order valence-electron chi connectivity index (χ4n) is 1.97. The summed E-state index contributed by atoms with van der Waals surface area (Å²) >= 11 is 0. The molecular formula is C12H18ClN3. The molecule has 3 nitrogen and oxygen atoms in total. The summed E-state index contributed by atoms with van der Waals surface area (Å²) in [6, 6.07) is 4.12. The van der Waals surface area contributed by atoms with Crippen LogP contribution in [0.3, 0.4) is 0 Å². The van der Waals surface area contributed by atoms with Gasteiger partial charge in [-0.25, -0.2) is 4.98 Å². The van der Waals surface area contributed by atoms with Crippen LogP contribution in [0.1, 0.15) is 30.9 Å². The van der Waals surface area contributed by atoms with E-state index in [1.165, 1.54) is 11.1 Å². The molecule has 0 spiro atoms. The van der Waals surface area contributed by atoms with Gasteiger partial charge in [0.2, 0.25) is 0 Å². The largest absolute Gasteiger partial charge is 0.319 e. The minimum absolute atomic E-state index is 0. The third kappa shape index (κ3) is 1.93. The first-order valence-corrected chi connectivity index (χ1v) is 5.15. The van der Waals surface area contributed by atoms with Gasteiger partial charge >= 0.3 is 0 Å². The summed E-state index contributed by atoms with van der Waals surface area (Å²) < 4.78 is 2.09. The van der Waals surface area contributed by atoms with E-state index in [0.717, 1.165) is 11.5 Å². The molecule has 0 atom stereocenters. The number of nitrogens with zero attached hydrogens (tertiary/aromatic N) is 2. The average molecular weight is 240 g/mol. The number of pyridine rings is 1. The van der Waals surface area contributed by atoms with Crippen molar-refractivity contribution < 1.29 is 0 Å². The van der Waals surface area contributed by atoms with E-state index in [9.17, 15) is 0 Å². The number of rotatable bonds is 1. The summed E-state index contributed by atoms with van der Waals surface area (Å²) in [6.07, 6.45) is 2.02. The first kappa shape index (κ1) is 13.0. The molecule has 0 aliphatic rings. The van der Waals surface area contributed by atoms with Crippen LogP contribution in [0.15, 0.2) is 18.3 Å². The number of hydrogen-bond acceptors (Lipinski definition) is 2. The highest BCUT2D eigenvalue weighted by atomic mass is 35.5. The van der Waals surface area contributed by atoms with Gasteiger partial charge in [-0.2, -0.15) is 0 Å². The normalized spacial score (nSPS) is 11.6. The van der Waals surface area contributed by atoms with Gasteiger partial charge in [-0.15, -0.1) is 12.4 Å². The Hall–Kier alpha value is -1.06. The fourth-order valence-corrected chi connectivity index (χ4v) is 1.97. The smallest absolute Gasteiger partial charge is 0.133 e. The Bertz CT molecular complexity index is 509. The maximum Gasteiger partial charge on any atom is 0.133 e. The molecule has 0 saturated carbocycles. The fraction of sp³-hybridized carbons (Fsp3) is 0.417. The zero-order chi connectivity index (χ0) is 11.2. The maximum absolute atomic E-state index is 6.10. The lowest BCUT2D eigenvalue weighted by atomic mass is 10.1. The Kier molecular flexibility index (Phi) is 3.31. The number of imidazole rings is 1. The molecule has 0 aromatic carbocycles. The van der Waals surface area contributed by atoms with Crippen LogP contribution in [0.5, 0.6) is 0 Å². The van der Waals surface area contributed by atoms with Crippen molar-refractivity contribution in [2.45, 2.75) is 33.2 Å². The van der Waals surface area contributed by atoms with E-state index in [1.807, 2.05) is 33.0 Å². The van der Waals surface area contributed by atoms with E-state index in [0.29, 0.717) is 0 Å². The molecule has 2 aromatic heterocycles. The predicted octanol–water partition coefficient (Wildman–Crippen LogP) is 2.57. The van der Waals surface area contributed by atoms with Gasteiger partial charge in [0.05, 0.1) is 16.7 Å². The van der Waals surface area contributed by atoms with Crippen molar-refractivity contribution in [1.29, 1.82) is 0 Å². The molecule has 0 aliphatic carbocycles. The van der Waals surface area contributed by atoms with Gasteiger partial charge in [0.1, 0.15) is 5.82 Å². The average Bonchev–Trinajstić information content (AvgIpc) is 2.44. The second kappa shape index (κ2) is 4.07. The van der Waals surface area contributed by atoms with Crippen LogP contribution in [0, 0.1) is 13.8 Å². The predicted molar refractivity (Wildman–Crippen MR) is 69.1 cm³/mol. The summed E-state index contributed by atoms with van der Waals surface area (Å²) in [5.74, 6) is 0.915. The summed E-state index contributed by atoms with van der Waals surface area (Å²) in [7, 11) is 0. The summed E-state index contributed by atoms with van der Waals surface area (Å²) in [5, 5.41) is 0. The van der Waals surface area contributed by atoms with E-state index < -0.39 is 5.54 Å². The monoisotopic (exact) mass is 239 g/mol. The van der Waals surface area contributed by atoms with Crippen LogP contribution in [-0.4, -0.2) is 9.38 Å². The van der Waals surface area contributed by atoms with Crippen molar-refractivity contribution in [3.63, 3.8) is 0 Å². The van der Waals surface area contributed by atoms with Crippen molar-refractivity contribution >= 4 is 17.9 Å². The topological polar surface area (TPSA) is 43.3 Å². The molecule has 2 rings (SSSR count). The molecule has 2 aromatic rings. The van der Waals surface area contributed by atoms with E-state index in [-0.39, 0.29) is 12.4 Å². The highest BCUT2D eigenvalue weighted by molar-refractivity contribution is 5.85. The second-order valence-corrected chi connectivity index (χ2v) is 4.65. The first-order valence-electron chi connectivity index (χ1n) is 5.15. The van der Waals surface area contributed by atoms with Crippen LogP contribution in [0.2, 0.25) is 0 Å². The van der Waals surface area contributed by atoms with Crippen molar-refractivity contribution in [3.05, 3.63) is 35.4 Å². The first-order chi connectivity index (χ1) is 6.91. The summed E-state index contributed by atoms with van der Waals surface area (Å²) in [4.78, 5) is 4.56. The van der Waals surface area contributed by atoms with Crippen molar-refractivity contribution in [3.8, 4) is 0 Å². The highest BCUT2D eigenvalue weighted by Gasteiger charge is 2.21. The van der Waals surface area contributed by atoms with Crippen molar-refractivity contribution in [1.82, 2.24) is 9.38 Å². The number of aryl methyl sites for hydroxylation is 2. The lowest BCUT2D eigenvalue weighted by Gasteiger charge is -2.16. The molecule has 2 N–H and O–H groups in total. The molecule has 0 radical (unpaired) electrons. The zero-order valence-corrected chi connectivity index (χ0v) is 10.9. The Morgan fingerprint density at radius 1 is 1.31 bits per heavy atom. The Balaban J connectivity index is 0.00000128. The standard InChI is InChI=1S/C12H17N3.ClH/c1-8-6-5-7-15-10(8)9(2)14-11(15)12(3,4)13;/h5-7H,13H2,1-4H3;1H. The van der Waals surface area contributed by atoms with E-state index in [4.69, 9.17) is 5.73 Å². The minimum Gasteiger partial charge on any atom is -0.319 e. The molecule has 0 unspecified atom stereocenters. The quantitative estimate of drug-likeness (QED) is 0.831. The maximum atomic E-state index is 6.10. The number of nitrogens with two attached hydrogens (primary N) is 1.